The van der Waals surface area contributed by atoms with Gasteiger partial charge >= 0.3 is 5.97 Å². The van der Waals surface area contributed by atoms with Gasteiger partial charge in [0.05, 0.1) is 10.5 Å². The molecule has 2 aromatic rings. The fourth-order valence-electron chi connectivity index (χ4n) is 1.68. The van der Waals surface area contributed by atoms with Crippen LogP contribution >= 0.6 is 11.8 Å². The normalized spacial score (nSPS) is 10.2. The highest BCUT2D eigenvalue weighted by Gasteiger charge is 2.12. The van der Waals surface area contributed by atoms with E-state index in [4.69, 9.17) is 5.11 Å². The highest BCUT2D eigenvalue weighted by atomic mass is 32.2. The van der Waals surface area contributed by atoms with E-state index in [-0.39, 0.29) is 11.3 Å². The first-order valence-electron chi connectivity index (χ1n) is 5.73. The van der Waals surface area contributed by atoms with Gasteiger partial charge in [0.1, 0.15) is 0 Å². The molecule has 20 heavy (non-hydrogen) atoms. The van der Waals surface area contributed by atoms with E-state index in [0.29, 0.717) is 10.5 Å². The van der Waals surface area contributed by atoms with Crippen molar-refractivity contribution in [3.8, 4) is 0 Å². The lowest BCUT2D eigenvalue weighted by Gasteiger charge is -2.04. The van der Waals surface area contributed by atoms with E-state index in [1.807, 2.05) is 0 Å². The molecule has 0 aliphatic carbocycles. The standard InChI is InChI=1S/C14H11NO4S/c1-9-5-6-12(8-13(9)15(18)19)20-11-4-2-3-10(7-11)14(16)17/h2-8H,1H3,(H,16,17). The van der Waals surface area contributed by atoms with Crippen LogP contribution in [0.5, 0.6) is 0 Å². The Morgan fingerprint density at radius 2 is 1.90 bits per heavy atom. The highest BCUT2D eigenvalue weighted by Crippen LogP contribution is 2.31. The average molecular weight is 289 g/mol. The summed E-state index contributed by atoms with van der Waals surface area (Å²) in [6.45, 7) is 1.68. The second kappa shape index (κ2) is 5.75. The van der Waals surface area contributed by atoms with Crippen molar-refractivity contribution in [3.05, 3.63) is 63.7 Å². The van der Waals surface area contributed by atoms with Crippen LogP contribution in [0.4, 0.5) is 5.69 Å². The first-order chi connectivity index (χ1) is 9.47. The molecular weight excluding hydrogens is 278 g/mol. The van der Waals surface area contributed by atoms with Gasteiger partial charge in [0.2, 0.25) is 0 Å². The van der Waals surface area contributed by atoms with Crippen LogP contribution in [0.1, 0.15) is 15.9 Å². The third-order valence-corrected chi connectivity index (χ3v) is 3.67. The Morgan fingerprint density at radius 3 is 2.55 bits per heavy atom. The van der Waals surface area contributed by atoms with Crippen LogP contribution in [-0.4, -0.2) is 16.0 Å². The van der Waals surface area contributed by atoms with Gasteiger partial charge in [0, 0.05) is 21.4 Å². The van der Waals surface area contributed by atoms with E-state index in [2.05, 4.69) is 0 Å². The van der Waals surface area contributed by atoms with Crippen LogP contribution in [0.15, 0.2) is 52.3 Å². The summed E-state index contributed by atoms with van der Waals surface area (Å²) in [5.41, 5.74) is 0.847. The van der Waals surface area contributed by atoms with Crippen molar-refractivity contribution >= 4 is 23.4 Å². The number of carbonyl (C=O) groups is 1. The Labute approximate surface area is 119 Å². The second-order valence-electron chi connectivity index (χ2n) is 4.14. The molecule has 0 saturated heterocycles. The van der Waals surface area contributed by atoms with Gasteiger partial charge < -0.3 is 5.11 Å². The molecule has 0 aliphatic rings. The molecule has 0 heterocycles. The summed E-state index contributed by atoms with van der Waals surface area (Å²) in [4.78, 5) is 22.8. The van der Waals surface area contributed by atoms with Crippen molar-refractivity contribution in [3.63, 3.8) is 0 Å². The van der Waals surface area contributed by atoms with Crippen LogP contribution < -0.4 is 0 Å². The lowest BCUT2D eigenvalue weighted by molar-refractivity contribution is -0.385. The van der Waals surface area contributed by atoms with Gasteiger partial charge in [-0.15, -0.1) is 0 Å². The fraction of sp³-hybridized carbons (Fsp3) is 0.0714. The monoisotopic (exact) mass is 289 g/mol. The molecule has 102 valence electrons. The summed E-state index contributed by atoms with van der Waals surface area (Å²) < 4.78 is 0. The molecule has 0 fully saturated rings. The third-order valence-electron chi connectivity index (χ3n) is 2.69. The van der Waals surface area contributed by atoms with E-state index in [1.54, 1.807) is 37.3 Å². The first kappa shape index (κ1) is 14.1. The van der Waals surface area contributed by atoms with E-state index in [0.717, 1.165) is 4.90 Å². The number of hydrogen-bond acceptors (Lipinski definition) is 4. The molecule has 0 unspecified atom stereocenters. The molecule has 0 atom stereocenters. The van der Waals surface area contributed by atoms with Gasteiger partial charge in [-0.1, -0.05) is 23.9 Å². The van der Waals surface area contributed by atoms with Crippen LogP contribution in [0.25, 0.3) is 0 Å². The zero-order chi connectivity index (χ0) is 14.7. The van der Waals surface area contributed by atoms with Gasteiger partial charge in [-0.2, -0.15) is 0 Å². The smallest absolute Gasteiger partial charge is 0.335 e. The van der Waals surface area contributed by atoms with Gasteiger partial charge in [0.25, 0.3) is 5.69 Å². The van der Waals surface area contributed by atoms with E-state index in [9.17, 15) is 14.9 Å². The largest absolute Gasteiger partial charge is 0.478 e. The lowest BCUT2D eigenvalue weighted by atomic mass is 10.2. The van der Waals surface area contributed by atoms with Crippen LogP contribution in [-0.2, 0) is 0 Å². The number of carboxylic acids is 1. The van der Waals surface area contributed by atoms with Crippen LogP contribution in [0.3, 0.4) is 0 Å². The van der Waals surface area contributed by atoms with Gasteiger partial charge in [0.15, 0.2) is 0 Å². The molecule has 5 nitrogen and oxygen atoms in total. The summed E-state index contributed by atoms with van der Waals surface area (Å²) in [7, 11) is 0. The fourth-order valence-corrected chi connectivity index (χ4v) is 2.59. The Morgan fingerprint density at radius 1 is 1.20 bits per heavy atom. The maximum Gasteiger partial charge on any atom is 0.335 e. The number of rotatable bonds is 4. The Bertz CT molecular complexity index is 685. The number of nitrogens with zero attached hydrogens (tertiary/aromatic N) is 1. The molecule has 2 rings (SSSR count). The van der Waals surface area contributed by atoms with Crippen LogP contribution in [0, 0.1) is 17.0 Å². The summed E-state index contributed by atoms with van der Waals surface area (Å²) in [6.07, 6.45) is 0. The summed E-state index contributed by atoms with van der Waals surface area (Å²) >= 11 is 1.29. The molecule has 0 amide bonds. The van der Waals surface area contributed by atoms with Gasteiger partial charge in [-0.3, -0.25) is 10.1 Å². The van der Waals surface area contributed by atoms with Crippen molar-refractivity contribution in [1.82, 2.24) is 0 Å². The first-order valence-corrected chi connectivity index (χ1v) is 6.55. The number of benzene rings is 2. The molecule has 0 saturated carbocycles. The van der Waals surface area contributed by atoms with Gasteiger partial charge in [-0.25, -0.2) is 4.79 Å². The van der Waals surface area contributed by atoms with E-state index < -0.39 is 10.9 Å². The van der Waals surface area contributed by atoms with E-state index in [1.165, 1.54) is 23.9 Å². The predicted molar refractivity (Wildman–Crippen MR) is 75.4 cm³/mol. The lowest BCUT2D eigenvalue weighted by Crippen LogP contribution is -1.95. The summed E-state index contributed by atoms with van der Waals surface area (Å²) in [5.74, 6) is -0.998. The summed E-state index contributed by atoms with van der Waals surface area (Å²) in [5, 5.41) is 19.8. The zero-order valence-corrected chi connectivity index (χ0v) is 11.4. The molecule has 0 spiro atoms. The minimum atomic E-state index is -0.998. The topological polar surface area (TPSA) is 80.4 Å². The number of carboxylic acid groups (broad SMARTS) is 1. The average Bonchev–Trinajstić information content (AvgIpc) is 2.41. The number of aromatic carboxylic acids is 1. The van der Waals surface area contributed by atoms with Crippen LogP contribution in [0.2, 0.25) is 0 Å². The Hall–Kier alpha value is -2.34. The second-order valence-corrected chi connectivity index (χ2v) is 5.29. The molecule has 0 bridgehead atoms. The molecule has 0 radical (unpaired) electrons. The van der Waals surface area contributed by atoms with Gasteiger partial charge in [-0.05, 0) is 31.2 Å². The molecule has 0 aromatic heterocycles. The Balaban J connectivity index is 2.30. The molecular formula is C14H11NO4S. The number of aryl methyl sites for hydroxylation is 1. The van der Waals surface area contributed by atoms with Crippen molar-refractivity contribution in [2.45, 2.75) is 16.7 Å². The highest BCUT2D eigenvalue weighted by molar-refractivity contribution is 7.99. The summed E-state index contributed by atoms with van der Waals surface area (Å²) in [6, 6.07) is 11.4. The maximum atomic E-state index is 10.9. The minimum absolute atomic E-state index is 0.0596. The zero-order valence-electron chi connectivity index (χ0n) is 10.6. The van der Waals surface area contributed by atoms with Crippen molar-refractivity contribution in [2.24, 2.45) is 0 Å². The molecule has 0 aliphatic heterocycles. The van der Waals surface area contributed by atoms with Crippen molar-refractivity contribution in [2.75, 3.05) is 0 Å². The predicted octanol–water partition coefficient (Wildman–Crippen LogP) is 3.75. The van der Waals surface area contributed by atoms with Crippen molar-refractivity contribution in [1.29, 1.82) is 0 Å². The SMILES string of the molecule is Cc1ccc(Sc2cccc(C(=O)O)c2)cc1[N+](=O)[O-]. The van der Waals surface area contributed by atoms with Crippen molar-refractivity contribution < 1.29 is 14.8 Å². The molecule has 1 N–H and O–H groups in total. The Kier molecular flexibility index (Phi) is 4.05. The number of nitro benzene ring substituents is 1. The maximum absolute atomic E-state index is 10.9. The third kappa shape index (κ3) is 3.16. The number of nitro groups is 1. The quantitative estimate of drug-likeness (QED) is 0.684. The number of hydrogen-bond donors (Lipinski definition) is 1. The molecule has 2 aromatic carbocycles. The van der Waals surface area contributed by atoms with E-state index >= 15 is 0 Å². The molecule has 6 heteroatoms. The minimum Gasteiger partial charge on any atom is -0.478 e.